The number of halogens is 1. The number of methoxy groups -OCH3 is 1. The Hall–Kier alpha value is -3.32. The lowest BCUT2D eigenvalue weighted by molar-refractivity contribution is -0.122. The van der Waals surface area contributed by atoms with E-state index in [1.165, 1.54) is 19.3 Å². The molecular formula is C22H21ClN2O5. The lowest BCUT2D eigenvalue weighted by Gasteiger charge is -2.26. The Labute approximate surface area is 179 Å². The lowest BCUT2D eigenvalue weighted by Crippen LogP contribution is -2.54. The number of aryl methyl sites for hydroxylation is 1. The molecule has 7 nitrogen and oxygen atoms in total. The third kappa shape index (κ3) is 4.31. The third-order valence-electron chi connectivity index (χ3n) is 4.50. The van der Waals surface area contributed by atoms with Gasteiger partial charge < -0.3 is 9.47 Å². The van der Waals surface area contributed by atoms with Crippen molar-refractivity contribution in [2.75, 3.05) is 18.6 Å². The number of barbiturate groups is 1. The molecule has 156 valence electrons. The first kappa shape index (κ1) is 21.4. The molecule has 0 aliphatic carbocycles. The number of urea groups is 1. The van der Waals surface area contributed by atoms with E-state index in [9.17, 15) is 14.4 Å². The molecule has 0 atom stereocenters. The van der Waals surface area contributed by atoms with E-state index >= 15 is 0 Å². The van der Waals surface area contributed by atoms with Gasteiger partial charge in [0.2, 0.25) is 0 Å². The minimum atomic E-state index is -0.834. The SMILES string of the molecule is CCCOc1cc(OC)ccc1/C=C1\C(=O)NC(=O)N(c2ccc(C)c(Cl)c2)C1=O. The molecule has 30 heavy (non-hydrogen) atoms. The van der Waals surface area contributed by atoms with Crippen LogP contribution in [0.3, 0.4) is 0 Å². The Morgan fingerprint density at radius 2 is 1.90 bits per heavy atom. The van der Waals surface area contributed by atoms with Crippen molar-refractivity contribution >= 4 is 41.2 Å². The number of anilines is 1. The Morgan fingerprint density at radius 3 is 2.57 bits per heavy atom. The van der Waals surface area contributed by atoms with Crippen LogP contribution >= 0.6 is 11.6 Å². The van der Waals surface area contributed by atoms with Crippen LogP contribution in [0.1, 0.15) is 24.5 Å². The van der Waals surface area contributed by atoms with Gasteiger partial charge >= 0.3 is 6.03 Å². The molecule has 1 heterocycles. The summed E-state index contributed by atoms with van der Waals surface area (Å²) in [5.41, 5.74) is 1.38. The highest BCUT2D eigenvalue weighted by Crippen LogP contribution is 2.30. The fourth-order valence-corrected chi connectivity index (χ4v) is 3.04. The number of imide groups is 2. The molecule has 0 bridgehead atoms. The number of benzene rings is 2. The number of amides is 4. The lowest BCUT2D eigenvalue weighted by atomic mass is 10.1. The summed E-state index contributed by atoms with van der Waals surface area (Å²) >= 11 is 6.14. The van der Waals surface area contributed by atoms with Crippen LogP contribution in [0.4, 0.5) is 10.5 Å². The number of ether oxygens (including phenoxy) is 2. The maximum absolute atomic E-state index is 13.1. The van der Waals surface area contributed by atoms with Gasteiger partial charge in [0.15, 0.2) is 0 Å². The number of hydrogen-bond donors (Lipinski definition) is 1. The molecule has 3 rings (SSSR count). The van der Waals surface area contributed by atoms with Gasteiger partial charge in [0.25, 0.3) is 11.8 Å². The molecule has 2 aromatic rings. The van der Waals surface area contributed by atoms with E-state index in [0.717, 1.165) is 16.9 Å². The summed E-state index contributed by atoms with van der Waals surface area (Å²) in [6.07, 6.45) is 2.18. The first-order chi connectivity index (χ1) is 14.3. The molecule has 0 saturated carbocycles. The normalized spacial score (nSPS) is 15.4. The molecule has 0 spiro atoms. The first-order valence-electron chi connectivity index (χ1n) is 9.34. The fourth-order valence-electron chi connectivity index (χ4n) is 2.87. The number of carbonyl (C=O) groups excluding carboxylic acids is 3. The van der Waals surface area contributed by atoms with Crippen molar-refractivity contribution in [1.82, 2.24) is 5.32 Å². The fraction of sp³-hybridized carbons (Fsp3) is 0.227. The minimum Gasteiger partial charge on any atom is -0.497 e. The zero-order chi connectivity index (χ0) is 21.8. The van der Waals surface area contributed by atoms with E-state index in [2.05, 4.69) is 5.32 Å². The summed E-state index contributed by atoms with van der Waals surface area (Å²) in [5, 5.41) is 2.60. The number of rotatable bonds is 6. The number of hydrogen-bond acceptors (Lipinski definition) is 5. The van der Waals surface area contributed by atoms with Crippen LogP contribution in [-0.2, 0) is 9.59 Å². The van der Waals surface area contributed by atoms with Crippen LogP contribution in [0.2, 0.25) is 5.02 Å². The number of nitrogens with zero attached hydrogens (tertiary/aromatic N) is 1. The van der Waals surface area contributed by atoms with Gasteiger partial charge in [-0.05, 0) is 49.2 Å². The summed E-state index contributed by atoms with van der Waals surface area (Å²) in [5.74, 6) is -0.488. The second kappa shape index (κ2) is 9.00. The minimum absolute atomic E-state index is 0.196. The molecule has 8 heteroatoms. The standard InChI is InChI=1S/C22H21ClN2O5/c1-4-9-30-19-12-16(29-3)8-6-14(19)10-17-20(26)24-22(28)25(21(17)27)15-7-5-13(2)18(23)11-15/h5-8,10-12H,4,9H2,1-3H3,(H,24,26,28)/b17-10+. The van der Waals surface area contributed by atoms with Crippen LogP contribution in [0, 0.1) is 6.92 Å². The van der Waals surface area contributed by atoms with Crippen molar-refractivity contribution in [3.63, 3.8) is 0 Å². The summed E-state index contributed by atoms with van der Waals surface area (Å²) in [6.45, 7) is 4.23. The molecule has 1 fully saturated rings. The average Bonchev–Trinajstić information content (AvgIpc) is 2.72. The predicted octanol–water partition coefficient (Wildman–Crippen LogP) is 4.11. The molecule has 4 amide bonds. The maximum Gasteiger partial charge on any atom is 0.335 e. The molecule has 1 N–H and O–H groups in total. The summed E-state index contributed by atoms with van der Waals surface area (Å²) in [7, 11) is 1.53. The Bertz CT molecular complexity index is 1050. The topological polar surface area (TPSA) is 84.9 Å². The Kier molecular flexibility index (Phi) is 6.42. The second-order valence-corrected chi connectivity index (χ2v) is 7.05. The van der Waals surface area contributed by atoms with Crippen molar-refractivity contribution < 1.29 is 23.9 Å². The van der Waals surface area contributed by atoms with Crippen molar-refractivity contribution in [2.24, 2.45) is 0 Å². The van der Waals surface area contributed by atoms with Crippen LogP contribution < -0.4 is 19.7 Å². The van der Waals surface area contributed by atoms with E-state index in [1.54, 1.807) is 37.3 Å². The Balaban J connectivity index is 2.03. The van der Waals surface area contributed by atoms with Crippen LogP contribution in [0.5, 0.6) is 11.5 Å². The first-order valence-corrected chi connectivity index (χ1v) is 9.72. The summed E-state index contributed by atoms with van der Waals surface area (Å²) in [4.78, 5) is 38.7. The van der Waals surface area contributed by atoms with Crippen molar-refractivity contribution in [3.05, 3.63) is 58.1 Å². The van der Waals surface area contributed by atoms with Gasteiger partial charge in [-0.3, -0.25) is 14.9 Å². The van der Waals surface area contributed by atoms with E-state index in [-0.39, 0.29) is 11.3 Å². The predicted molar refractivity (Wildman–Crippen MR) is 114 cm³/mol. The van der Waals surface area contributed by atoms with Crippen molar-refractivity contribution in [1.29, 1.82) is 0 Å². The van der Waals surface area contributed by atoms with Gasteiger partial charge in [0.05, 0.1) is 19.4 Å². The summed E-state index contributed by atoms with van der Waals surface area (Å²) < 4.78 is 11.0. The van der Waals surface area contributed by atoms with Crippen molar-refractivity contribution in [3.8, 4) is 11.5 Å². The van der Waals surface area contributed by atoms with Gasteiger partial charge in [-0.1, -0.05) is 24.6 Å². The smallest absolute Gasteiger partial charge is 0.335 e. The van der Waals surface area contributed by atoms with Crippen LogP contribution in [0.15, 0.2) is 42.0 Å². The highest BCUT2D eigenvalue weighted by atomic mass is 35.5. The summed E-state index contributed by atoms with van der Waals surface area (Å²) in [6, 6.07) is 9.01. The third-order valence-corrected chi connectivity index (χ3v) is 4.90. The van der Waals surface area contributed by atoms with E-state index in [0.29, 0.717) is 28.7 Å². The molecule has 2 aromatic carbocycles. The molecule has 0 radical (unpaired) electrons. The van der Waals surface area contributed by atoms with Gasteiger partial charge in [-0.2, -0.15) is 0 Å². The zero-order valence-electron chi connectivity index (χ0n) is 16.8. The van der Waals surface area contributed by atoms with Gasteiger partial charge in [-0.15, -0.1) is 0 Å². The quantitative estimate of drug-likeness (QED) is 0.552. The highest BCUT2D eigenvalue weighted by molar-refractivity contribution is 6.39. The number of carbonyl (C=O) groups is 3. The molecular weight excluding hydrogens is 408 g/mol. The zero-order valence-corrected chi connectivity index (χ0v) is 17.6. The molecule has 1 aliphatic heterocycles. The molecule has 0 unspecified atom stereocenters. The van der Waals surface area contributed by atoms with E-state index in [1.807, 2.05) is 6.92 Å². The average molecular weight is 429 g/mol. The largest absolute Gasteiger partial charge is 0.497 e. The molecule has 1 aliphatic rings. The maximum atomic E-state index is 13.1. The van der Waals surface area contributed by atoms with E-state index in [4.69, 9.17) is 21.1 Å². The van der Waals surface area contributed by atoms with Crippen LogP contribution in [0.25, 0.3) is 6.08 Å². The monoisotopic (exact) mass is 428 g/mol. The second-order valence-electron chi connectivity index (χ2n) is 6.64. The Morgan fingerprint density at radius 1 is 1.13 bits per heavy atom. The van der Waals surface area contributed by atoms with Gasteiger partial charge in [0, 0.05) is 16.7 Å². The van der Waals surface area contributed by atoms with Crippen molar-refractivity contribution in [2.45, 2.75) is 20.3 Å². The van der Waals surface area contributed by atoms with E-state index < -0.39 is 17.8 Å². The highest BCUT2D eigenvalue weighted by Gasteiger charge is 2.37. The van der Waals surface area contributed by atoms with Gasteiger partial charge in [-0.25, -0.2) is 9.69 Å². The van der Waals surface area contributed by atoms with Crippen LogP contribution in [-0.4, -0.2) is 31.6 Å². The molecule has 1 saturated heterocycles. The van der Waals surface area contributed by atoms with Gasteiger partial charge in [0.1, 0.15) is 17.1 Å². The molecule has 0 aromatic heterocycles. The number of nitrogens with one attached hydrogen (secondary N) is 1.